The van der Waals surface area contributed by atoms with Gasteiger partial charge in [0, 0.05) is 38.5 Å². The maximum Gasteiger partial charge on any atom is 0.340 e. The number of rotatable bonds is 4. The first-order chi connectivity index (χ1) is 10.1. The summed E-state index contributed by atoms with van der Waals surface area (Å²) in [6.45, 7) is 0.463. The smallest absolute Gasteiger partial charge is 0.340 e. The quantitative estimate of drug-likeness (QED) is 0.691. The lowest BCUT2D eigenvalue weighted by molar-refractivity contribution is -0.125. The molecule has 0 saturated carbocycles. The summed E-state index contributed by atoms with van der Waals surface area (Å²) in [5, 5.41) is 13.4. The normalized spacial score (nSPS) is 17.5. The Hall–Kier alpha value is -2.38. The molecule has 1 atom stereocenters. The molecule has 1 unspecified atom stereocenters. The molecule has 8 nitrogen and oxygen atoms in total. The van der Waals surface area contributed by atoms with Crippen molar-refractivity contribution in [3.05, 3.63) is 33.8 Å². The number of nitrogens with one attached hydrogen (secondary N) is 3. The fraction of sp³-hybridized carbons (Fsp3) is 0.538. The maximum atomic E-state index is 12.2. The fourth-order valence-corrected chi connectivity index (χ4v) is 2.73. The van der Waals surface area contributed by atoms with Crippen LogP contribution in [-0.4, -0.2) is 37.4 Å². The maximum absolute atomic E-state index is 12.2. The van der Waals surface area contributed by atoms with Crippen LogP contribution in [0.1, 0.15) is 23.5 Å². The van der Waals surface area contributed by atoms with Crippen molar-refractivity contribution >= 4 is 5.91 Å². The molecule has 0 bridgehead atoms. The Labute approximate surface area is 120 Å². The van der Waals surface area contributed by atoms with E-state index >= 15 is 0 Å². The summed E-state index contributed by atoms with van der Waals surface area (Å²) in [7, 11) is 1.90. The zero-order valence-electron chi connectivity index (χ0n) is 11.8. The average molecular weight is 290 g/mol. The molecule has 0 aliphatic heterocycles. The number of aromatic amines is 2. The Bertz CT molecular complexity index is 698. The van der Waals surface area contributed by atoms with Crippen molar-refractivity contribution in [2.45, 2.75) is 25.7 Å². The van der Waals surface area contributed by atoms with Gasteiger partial charge in [-0.15, -0.1) is 0 Å². The summed E-state index contributed by atoms with van der Waals surface area (Å²) in [5.41, 5.74) is 1.95. The molecular formula is C13H18N6O2. The molecular weight excluding hydrogens is 272 g/mol. The van der Waals surface area contributed by atoms with Gasteiger partial charge in [-0.1, -0.05) is 0 Å². The largest absolute Gasteiger partial charge is 0.355 e. The molecule has 2 aromatic rings. The Balaban J connectivity index is 1.51. The summed E-state index contributed by atoms with van der Waals surface area (Å²) in [6, 6.07) is 0. The van der Waals surface area contributed by atoms with E-state index in [-0.39, 0.29) is 17.5 Å². The monoisotopic (exact) mass is 290 g/mol. The molecule has 1 amide bonds. The van der Waals surface area contributed by atoms with Gasteiger partial charge in [0.25, 0.3) is 0 Å². The Morgan fingerprint density at radius 1 is 1.57 bits per heavy atom. The van der Waals surface area contributed by atoms with Gasteiger partial charge in [0.05, 0.1) is 5.69 Å². The number of aromatic nitrogens is 5. The van der Waals surface area contributed by atoms with E-state index in [0.717, 1.165) is 18.5 Å². The van der Waals surface area contributed by atoms with Gasteiger partial charge in [0.1, 0.15) is 5.82 Å². The third kappa shape index (κ3) is 3.04. The number of carbonyl (C=O) groups excluding carboxylic acids is 1. The highest BCUT2D eigenvalue weighted by Crippen LogP contribution is 2.24. The van der Waals surface area contributed by atoms with Crippen LogP contribution in [0.3, 0.4) is 0 Å². The van der Waals surface area contributed by atoms with Gasteiger partial charge < -0.3 is 5.32 Å². The number of carbonyl (C=O) groups is 1. The van der Waals surface area contributed by atoms with Gasteiger partial charge in [-0.3, -0.25) is 14.5 Å². The van der Waals surface area contributed by atoms with Gasteiger partial charge in [-0.05, 0) is 18.4 Å². The minimum atomic E-state index is -0.328. The van der Waals surface area contributed by atoms with Crippen LogP contribution < -0.4 is 11.0 Å². The first-order valence-electron chi connectivity index (χ1n) is 7.04. The Morgan fingerprint density at radius 3 is 3.19 bits per heavy atom. The van der Waals surface area contributed by atoms with Gasteiger partial charge in [0.15, 0.2) is 0 Å². The van der Waals surface area contributed by atoms with Crippen LogP contribution in [-0.2, 0) is 31.1 Å². The van der Waals surface area contributed by atoms with Crippen molar-refractivity contribution in [3.63, 3.8) is 0 Å². The van der Waals surface area contributed by atoms with E-state index in [1.165, 1.54) is 5.56 Å². The van der Waals surface area contributed by atoms with E-state index in [0.29, 0.717) is 25.2 Å². The van der Waals surface area contributed by atoms with E-state index in [1.807, 2.05) is 13.2 Å². The van der Waals surface area contributed by atoms with Gasteiger partial charge in [-0.25, -0.2) is 9.89 Å². The van der Waals surface area contributed by atoms with Gasteiger partial charge in [0.2, 0.25) is 5.91 Å². The van der Waals surface area contributed by atoms with E-state index in [2.05, 4.69) is 25.6 Å². The van der Waals surface area contributed by atoms with Crippen LogP contribution >= 0.6 is 0 Å². The number of amides is 1. The van der Waals surface area contributed by atoms with Crippen molar-refractivity contribution in [2.24, 2.45) is 13.0 Å². The molecule has 3 rings (SSSR count). The summed E-state index contributed by atoms with van der Waals surface area (Å²) in [4.78, 5) is 25.6. The number of aryl methyl sites for hydroxylation is 2. The second kappa shape index (κ2) is 5.55. The van der Waals surface area contributed by atoms with Crippen LogP contribution in [0, 0.1) is 5.92 Å². The molecule has 0 radical (unpaired) electrons. The predicted octanol–water partition coefficient (Wildman–Crippen LogP) is -0.705. The van der Waals surface area contributed by atoms with Crippen molar-refractivity contribution < 1.29 is 4.79 Å². The Morgan fingerprint density at radius 2 is 2.43 bits per heavy atom. The molecule has 2 heterocycles. The first-order valence-corrected chi connectivity index (χ1v) is 7.04. The van der Waals surface area contributed by atoms with Crippen molar-refractivity contribution in [1.82, 2.24) is 30.3 Å². The van der Waals surface area contributed by atoms with Crippen LogP contribution in [0.25, 0.3) is 0 Å². The summed E-state index contributed by atoms with van der Waals surface area (Å²) < 4.78 is 1.80. The second-order valence-electron chi connectivity index (χ2n) is 5.38. The highest BCUT2D eigenvalue weighted by molar-refractivity contribution is 5.79. The first kappa shape index (κ1) is 13.6. The minimum absolute atomic E-state index is 0.0226. The molecule has 8 heteroatoms. The van der Waals surface area contributed by atoms with Crippen molar-refractivity contribution in [1.29, 1.82) is 0 Å². The van der Waals surface area contributed by atoms with E-state index in [1.54, 1.807) is 4.68 Å². The zero-order chi connectivity index (χ0) is 14.8. The third-order valence-electron chi connectivity index (χ3n) is 3.78. The predicted molar refractivity (Wildman–Crippen MR) is 74.6 cm³/mol. The highest BCUT2D eigenvalue weighted by Gasteiger charge is 2.26. The zero-order valence-corrected chi connectivity index (χ0v) is 11.8. The number of hydrogen-bond donors (Lipinski definition) is 3. The summed E-state index contributed by atoms with van der Waals surface area (Å²) in [5.74, 6) is 0.575. The van der Waals surface area contributed by atoms with Gasteiger partial charge >= 0.3 is 5.69 Å². The number of nitrogens with zero attached hydrogens (tertiary/aromatic N) is 3. The Kier molecular flexibility index (Phi) is 3.59. The lowest BCUT2D eigenvalue weighted by atomic mass is 9.87. The number of fused-ring (bicyclic) bond motifs is 1. The summed E-state index contributed by atoms with van der Waals surface area (Å²) in [6.07, 6.45) is 4.97. The third-order valence-corrected chi connectivity index (χ3v) is 3.78. The van der Waals surface area contributed by atoms with Crippen LogP contribution in [0.5, 0.6) is 0 Å². The number of hydrogen-bond acceptors (Lipinski definition) is 4. The second-order valence-corrected chi connectivity index (χ2v) is 5.38. The SMILES string of the molecule is Cn1cc2c(n1)CC(C(=O)NCCc1n[nH]c(=O)[nH]1)CC2. The molecule has 1 aliphatic carbocycles. The molecule has 0 spiro atoms. The van der Waals surface area contributed by atoms with E-state index in [4.69, 9.17) is 0 Å². The van der Waals surface area contributed by atoms with Gasteiger partial charge in [-0.2, -0.15) is 10.2 Å². The molecule has 112 valence electrons. The summed E-state index contributed by atoms with van der Waals surface area (Å²) >= 11 is 0. The lowest BCUT2D eigenvalue weighted by Crippen LogP contribution is -2.35. The fourth-order valence-electron chi connectivity index (χ4n) is 2.73. The van der Waals surface area contributed by atoms with Crippen molar-refractivity contribution in [2.75, 3.05) is 6.54 Å². The van der Waals surface area contributed by atoms with Crippen LogP contribution in [0.15, 0.2) is 11.0 Å². The molecule has 21 heavy (non-hydrogen) atoms. The topological polar surface area (TPSA) is 108 Å². The lowest BCUT2D eigenvalue weighted by Gasteiger charge is -2.20. The molecule has 0 aromatic carbocycles. The molecule has 2 aromatic heterocycles. The van der Waals surface area contributed by atoms with Crippen molar-refractivity contribution in [3.8, 4) is 0 Å². The molecule has 1 aliphatic rings. The molecule has 0 fully saturated rings. The van der Waals surface area contributed by atoms with Crippen LogP contribution in [0.2, 0.25) is 0 Å². The highest BCUT2D eigenvalue weighted by atomic mass is 16.2. The van der Waals surface area contributed by atoms with E-state index < -0.39 is 0 Å². The van der Waals surface area contributed by atoms with E-state index in [9.17, 15) is 9.59 Å². The number of H-pyrrole nitrogens is 2. The standard InChI is InChI=1S/C13H18N6O2/c1-19-7-9-3-2-8(6-10(9)18-19)12(20)14-5-4-11-15-13(21)17-16-11/h7-8H,2-6H2,1H3,(H,14,20)(H2,15,16,17,21). The van der Waals surface area contributed by atoms with Crippen LogP contribution in [0.4, 0.5) is 0 Å². The molecule has 0 saturated heterocycles. The molecule has 3 N–H and O–H groups in total. The minimum Gasteiger partial charge on any atom is -0.355 e. The average Bonchev–Trinajstić information content (AvgIpc) is 3.02.